The largest absolute Gasteiger partial charge is 0.370 e. The van der Waals surface area contributed by atoms with Crippen molar-refractivity contribution >= 4 is 5.78 Å². The highest BCUT2D eigenvalue weighted by Crippen LogP contribution is 2.46. The maximum Gasteiger partial charge on any atom is 0.182 e. The lowest BCUT2D eigenvalue weighted by Gasteiger charge is -2.34. The van der Waals surface area contributed by atoms with Crippen molar-refractivity contribution in [2.24, 2.45) is 11.8 Å². The van der Waals surface area contributed by atoms with E-state index in [-0.39, 0.29) is 17.3 Å². The van der Waals surface area contributed by atoms with Gasteiger partial charge in [0.25, 0.3) is 0 Å². The van der Waals surface area contributed by atoms with Gasteiger partial charge in [-0.1, -0.05) is 18.2 Å². The van der Waals surface area contributed by atoms with Gasteiger partial charge in [-0.25, -0.2) is 0 Å². The number of hydrogen-bond acceptors (Lipinski definition) is 2. The van der Waals surface area contributed by atoms with Crippen molar-refractivity contribution in [1.29, 1.82) is 0 Å². The number of ether oxygens (including phenoxy) is 1. The summed E-state index contributed by atoms with van der Waals surface area (Å²) in [6.07, 6.45) is 9.61. The first-order chi connectivity index (χ1) is 6.71. The molecule has 3 unspecified atom stereocenters. The Morgan fingerprint density at radius 1 is 1.57 bits per heavy atom. The van der Waals surface area contributed by atoms with E-state index in [1.54, 1.807) is 6.08 Å². The summed E-state index contributed by atoms with van der Waals surface area (Å²) in [5, 5.41) is 0. The van der Waals surface area contributed by atoms with Gasteiger partial charge in [0.1, 0.15) is 0 Å². The molecule has 72 valence electrons. The maximum absolute atomic E-state index is 11.6. The van der Waals surface area contributed by atoms with Crippen LogP contribution in [0.1, 0.15) is 6.92 Å². The highest BCUT2D eigenvalue weighted by atomic mass is 16.5. The van der Waals surface area contributed by atoms with E-state index in [1.165, 1.54) is 0 Å². The maximum atomic E-state index is 11.6. The molecule has 3 rings (SSSR count). The Kier molecular flexibility index (Phi) is 1.43. The van der Waals surface area contributed by atoms with E-state index >= 15 is 0 Å². The van der Waals surface area contributed by atoms with Crippen molar-refractivity contribution in [2.75, 3.05) is 6.61 Å². The van der Waals surface area contributed by atoms with Crippen molar-refractivity contribution < 1.29 is 9.53 Å². The number of allylic oxidation sites excluding steroid dienone is 3. The van der Waals surface area contributed by atoms with Crippen molar-refractivity contribution in [2.45, 2.75) is 12.5 Å². The van der Waals surface area contributed by atoms with E-state index in [2.05, 4.69) is 13.0 Å². The smallest absolute Gasteiger partial charge is 0.182 e. The summed E-state index contributed by atoms with van der Waals surface area (Å²) in [6, 6.07) is 0. The van der Waals surface area contributed by atoms with Crippen LogP contribution >= 0.6 is 0 Å². The molecule has 0 aromatic rings. The van der Waals surface area contributed by atoms with Crippen LogP contribution in [0.15, 0.2) is 36.0 Å². The quantitative estimate of drug-likeness (QED) is 0.577. The van der Waals surface area contributed by atoms with Crippen molar-refractivity contribution in [1.82, 2.24) is 0 Å². The summed E-state index contributed by atoms with van der Waals surface area (Å²) in [5.74, 6) is 0.770. The van der Waals surface area contributed by atoms with Crippen LogP contribution in [0.2, 0.25) is 0 Å². The minimum absolute atomic E-state index is 0.146. The van der Waals surface area contributed by atoms with Crippen LogP contribution in [-0.2, 0) is 9.53 Å². The Balaban J connectivity index is 2.18. The van der Waals surface area contributed by atoms with E-state index in [4.69, 9.17) is 4.74 Å². The molecule has 1 heterocycles. The third-order valence-corrected chi connectivity index (χ3v) is 3.45. The van der Waals surface area contributed by atoms with E-state index in [1.807, 2.05) is 18.2 Å². The average Bonchev–Trinajstić information content (AvgIpc) is 2.54. The minimum Gasteiger partial charge on any atom is -0.370 e. The summed E-state index contributed by atoms with van der Waals surface area (Å²) in [7, 11) is 0. The normalized spacial score (nSPS) is 43.8. The molecular weight excluding hydrogens is 176 g/mol. The van der Waals surface area contributed by atoms with Gasteiger partial charge in [0.2, 0.25) is 0 Å². The molecule has 0 spiro atoms. The zero-order valence-corrected chi connectivity index (χ0v) is 8.07. The first-order valence-electron chi connectivity index (χ1n) is 4.97. The average molecular weight is 188 g/mol. The Bertz CT molecular complexity index is 389. The first-order valence-corrected chi connectivity index (χ1v) is 4.97. The van der Waals surface area contributed by atoms with Crippen LogP contribution in [0, 0.1) is 11.8 Å². The Morgan fingerprint density at radius 3 is 3.29 bits per heavy atom. The van der Waals surface area contributed by atoms with Crippen LogP contribution in [0.5, 0.6) is 0 Å². The second-order valence-electron chi connectivity index (χ2n) is 4.34. The molecule has 0 bridgehead atoms. The molecule has 1 aliphatic heterocycles. The molecule has 0 N–H and O–H groups in total. The molecule has 3 atom stereocenters. The van der Waals surface area contributed by atoms with Crippen LogP contribution < -0.4 is 0 Å². The summed E-state index contributed by atoms with van der Waals surface area (Å²) < 4.78 is 5.78. The lowest BCUT2D eigenvalue weighted by atomic mass is 9.70. The van der Waals surface area contributed by atoms with Crippen LogP contribution in [0.4, 0.5) is 0 Å². The number of ketones is 1. The van der Waals surface area contributed by atoms with Crippen LogP contribution in [0.3, 0.4) is 0 Å². The topological polar surface area (TPSA) is 26.3 Å². The minimum atomic E-state index is -0.255. The Labute approximate surface area is 82.9 Å². The zero-order valence-electron chi connectivity index (χ0n) is 8.07. The molecule has 0 saturated carbocycles. The Morgan fingerprint density at radius 2 is 2.43 bits per heavy atom. The van der Waals surface area contributed by atoms with Gasteiger partial charge in [0.05, 0.1) is 12.2 Å². The lowest BCUT2D eigenvalue weighted by Crippen LogP contribution is -2.38. The molecule has 0 radical (unpaired) electrons. The van der Waals surface area contributed by atoms with Gasteiger partial charge in [-0.3, -0.25) is 4.79 Å². The third kappa shape index (κ3) is 0.867. The molecule has 2 aliphatic carbocycles. The predicted octanol–water partition coefficient (Wildman–Crippen LogP) is 1.64. The van der Waals surface area contributed by atoms with Crippen molar-refractivity contribution in [3.63, 3.8) is 0 Å². The first kappa shape index (κ1) is 8.18. The third-order valence-electron chi connectivity index (χ3n) is 3.45. The summed E-state index contributed by atoms with van der Waals surface area (Å²) in [6.45, 7) is 2.79. The molecular formula is C12H12O2. The lowest BCUT2D eigenvalue weighted by molar-refractivity contribution is -0.113. The molecule has 1 saturated heterocycles. The number of carbonyl (C=O) groups is 1. The standard InChI is InChI=1S/C12H12O2/c1-12-6-5-10(13)9-4-2-3-8(7-14-12)11(9)12/h2-6,8,11H,7H2,1H3. The van der Waals surface area contributed by atoms with E-state index in [9.17, 15) is 4.79 Å². The molecule has 1 fully saturated rings. The molecule has 2 heteroatoms. The van der Waals surface area contributed by atoms with Crippen LogP contribution in [0.25, 0.3) is 0 Å². The van der Waals surface area contributed by atoms with Gasteiger partial charge < -0.3 is 4.74 Å². The van der Waals surface area contributed by atoms with Crippen molar-refractivity contribution in [3.05, 3.63) is 36.0 Å². The zero-order chi connectivity index (χ0) is 9.76. The van der Waals surface area contributed by atoms with Crippen LogP contribution in [-0.4, -0.2) is 18.0 Å². The summed E-state index contributed by atoms with van der Waals surface area (Å²) in [5.41, 5.74) is 0.662. The monoisotopic (exact) mass is 188 g/mol. The fourth-order valence-electron chi connectivity index (χ4n) is 2.72. The number of hydrogen-bond donors (Lipinski definition) is 0. The molecule has 0 aromatic carbocycles. The van der Waals surface area contributed by atoms with E-state index in [0.29, 0.717) is 5.92 Å². The molecule has 0 amide bonds. The fraction of sp³-hybridized carbons (Fsp3) is 0.417. The Hall–Kier alpha value is -1.15. The van der Waals surface area contributed by atoms with Crippen molar-refractivity contribution in [3.8, 4) is 0 Å². The molecule has 0 aromatic heterocycles. The van der Waals surface area contributed by atoms with Gasteiger partial charge in [0, 0.05) is 17.4 Å². The summed E-state index contributed by atoms with van der Waals surface area (Å²) in [4.78, 5) is 11.6. The SMILES string of the molecule is CC12C=CC(=O)C3=CC=CC(CO1)C32. The van der Waals surface area contributed by atoms with E-state index in [0.717, 1.165) is 12.2 Å². The fourth-order valence-corrected chi connectivity index (χ4v) is 2.72. The highest BCUT2D eigenvalue weighted by Gasteiger charge is 2.49. The predicted molar refractivity (Wildman–Crippen MR) is 52.7 cm³/mol. The molecule has 3 aliphatic rings. The number of carbonyl (C=O) groups excluding carboxylic acids is 1. The summed E-state index contributed by atoms with van der Waals surface area (Å²) >= 11 is 0. The second-order valence-corrected chi connectivity index (χ2v) is 4.34. The highest BCUT2D eigenvalue weighted by molar-refractivity contribution is 6.06. The second kappa shape index (κ2) is 2.45. The van der Waals surface area contributed by atoms with Gasteiger partial charge in [-0.15, -0.1) is 0 Å². The van der Waals surface area contributed by atoms with Gasteiger partial charge in [0.15, 0.2) is 5.78 Å². The van der Waals surface area contributed by atoms with Gasteiger partial charge >= 0.3 is 0 Å². The van der Waals surface area contributed by atoms with E-state index < -0.39 is 0 Å². The van der Waals surface area contributed by atoms with Gasteiger partial charge in [-0.2, -0.15) is 0 Å². The molecule has 2 nitrogen and oxygen atoms in total. The van der Waals surface area contributed by atoms with Gasteiger partial charge in [-0.05, 0) is 19.1 Å². The molecule has 14 heavy (non-hydrogen) atoms. The number of rotatable bonds is 0.